The number of carbonyl (C=O) groups is 1. The van der Waals surface area contributed by atoms with Crippen LogP contribution in [0.15, 0.2) is 24.3 Å². The van der Waals surface area contributed by atoms with Crippen molar-refractivity contribution in [2.75, 3.05) is 13.6 Å². The van der Waals surface area contributed by atoms with Crippen molar-refractivity contribution in [2.24, 2.45) is 11.7 Å². The van der Waals surface area contributed by atoms with E-state index in [9.17, 15) is 9.90 Å². The van der Waals surface area contributed by atoms with Crippen LogP contribution in [-0.4, -0.2) is 29.5 Å². The van der Waals surface area contributed by atoms with Crippen molar-refractivity contribution in [2.45, 2.75) is 19.9 Å². The summed E-state index contributed by atoms with van der Waals surface area (Å²) < 4.78 is 0. The molecule has 0 aliphatic rings. The zero-order chi connectivity index (χ0) is 12.8. The fourth-order valence-electron chi connectivity index (χ4n) is 1.73. The number of para-hydroxylation sites is 1. The summed E-state index contributed by atoms with van der Waals surface area (Å²) in [4.78, 5) is 13.6. The smallest absolute Gasteiger partial charge is 0.226 e. The van der Waals surface area contributed by atoms with Gasteiger partial charge in [0.25, 0.3) is 0 Å². The SMILES string of the molecule is CCC(CN)C(=O)N(C)Cc1ccccc1O. The molecule has 0 fully saturated rings. The Morgan fingerprint density at radius 2 is 2.12 bits per heavy atom. The number of phenolic OH excluding ortho intramolecular Hbond substituents is 1. The van der Waals surface area contributed by atoms with Gasteiger partial charge in [0.05, 0.1) is 5.92 Å². The van der Waals surface area contributed by atoms with Crippen molar-refractivity contribution in [3.63, 3.8) is 0 Å². The lowest BCUT2D eigenvalue weighted by molar-refractivity contribution is -0.134. The van der Waals surface area contributed by atoms with Gasteiger partial charge in [-0.3, -0.25) is 4.79 Å². The fraction of sp³-hybridized carbons (Fsp3) is 0.462. The number of nitrogens with zero attached hydrogens (tertiary/aromatic N) is 1. The largest absolute Gasteiger partial charge is 0.508 e. The minimum Gasteiger partial charge on any atom is -0.508 e. The first kappa shape index (κ1) is 13.5. The molecule has 3 N–H and O–H groups in total. The van der Waals surface area contributed by atoms with E-state index in [-0.39, 0.29) is 17.6 Å². The molecular weight excluding hydrogens is 216 g/mol. The fourth-order valence-corrected chi connectivity index (χ4v) is 1.73. The normalized spacial score (nSPS) is 12.2. The summed E-state index contributed by atoms with van der Waals surface area (Å²) in [6, 6.07) is 7.03. The van der Waals surface area contributed by atoms with Crippen molar-refractivity contribution in [3.05, 3.63) is 29.8 Å². The Kier molecular flexibility index (Phi) is 4.97. The van der Waals surface area contributed by atoms with Crippen molar-refractivity contribution in [3.8, 4) is 5.75 Å². The molecule has 0 aliphatic heterocycles. The third-order valence-electron chi connectivity index (χ3n) is 2.90. The molecule has 1 rings (SSSR count). The van der Waals surface area contributed by atoms with Crippen LogP contribution in [0, 0.1) is 5.92 Å². The van der Waals surface area contributed by atoms with Crippen LogP contribution in [0.4, 0.5) is 0 Å². The second kappa shape index (κ2) is 6.25. The molecule has 0 heterocycles. The van der Waals surface area contributed by atoms with Crippen LogP contribution in [0.1, 0.15) is 18.9 Å². The van der Waals surface area contributed by atoms with E-state index in [1.165, 1.54) is 0 Å². The molecular formula is C13H20N2O2. The summed E-state index contributed by atoms with van der Waals surface area (Å²) in [6.07, 6.45) is 0.737. The lowest BCUT2D eigenvalue weighted by Crippen LogP contribution is -2.35. The first-order valence-corrected chi connectivity index (χ1v) is 5.82. The molecule has 0 spiro atoms. The average Bonchev–Trinajstić information content (AvgIpc) is 2.33. The summed E-state index contributed by atoms with van der Waals surface area (Å²) in [5.41, 5.74) is 6.29. The van der Waals surface area contributed by atoms with Gasteiger partial charge in [-0.05, 0) is 12.5 Å². The third kappa shape index (κ3) is 3.46. The highest BCUT2D eigenvalue weighted by molar-refractivity contribution is 5.78. The standard InChI is InChI=1S/C13H20N2O2/c1-3-10(8-14)13(17)15(2)9-11-6-4-5-7-12(11)16/h4-7,10,16H,3,8-9,14H2,1-2H3. The summed E-state index contributed by atoms with van der Waals surface area (Å²) >= 11 is 0. The van der Waals surface area contributed by atoms with Crippen LogP contribution in [-0.2, 0) is 11.3 Å². The second-order valence-corrected chi connectivity index (χ2v) is 4.16. The van der Waals surface area contributed by atoms with Crippen LogP contribution < -0.4 is 5.73 Å². The first-order valence-electron chi connectivity index (χ1n) is 5.82. The molecule has 1 aromatic rings. The van der Waals surface area contributed by atoms with E-state index in [1.807, 2.05) is 19.1 Å². The predicted molar refractivity (Wildman–Crippen MR) is 67.4 cm³/mol. The highest BCUT2D eigenvalue weighted by atomic mass is 16.3. The minimum atomic E-state index is -0.133. The first-order chi connectivity index (χ1) is 8.10. The van der Waals surface area contributed by atoms with Gasteiger partial charge in [-0.1, -0.05) is 25.1 Å². The molecule has 4 nitrogen and oxygen atoms in total. The topological polar surface area (TPSA) is 66.6 Å². The van der Waals surface area contributed by atoms with Crippen molar-refractivity contribution in [1.82, 2.24) is 4.90 Å². The maximum Gasteiger partial charge on any atom is 0.226 e. The highest BCUT2D eigenvalue weighted by Gasteiger charge is 2.19. The van der Waals surface area contributed by atoms with E-state index in [0.717, 1.165) is 12.0 Å². The van der Waals surface area contributed by atoms with Crippen LogP contribution >= 0.6 is 0 Å². The summed E-state index contributed by atoms with van der Waals surface area (Å²) in [6.45, 7) is 2.71. The Morgan fingerprint density at radius 3 is 2.65 bits per heavy atom. The van der Waals surface area contributed by atoms with E-state index < -0.39 is 0 Å². The van der Waals surface area contributed by atoms with E-state index in [0.29, 0.717) is 13.1 Å². The molecule has 94 valence electrons. The molecule has 1 unspecified atom stereocenters. The quantitative estimate of drug-likeness (QED) is 0.810. The highest BCUT2D eigenvalue weighted by Crippen LogP contribution is 2.18. The Balaban J connectivity index is 2.69. The molecule has 0 radical (unpaired) electrons. The molecule has 0 aliphatic carbocycles. The molecule has 4 heteroatoms. The van der Waals surface area contributed by atoms with Gasteiger partial charge in [0.1, 0.15) is 5.75 Å². The lowest BCUT2D eigenvalue weighted by Gasteiger charge is -2.22. The summed E-state index contributed by atoms with van der Waals surface area (Å²) in [7, 11) is 1.73. The van der Waals surface area contributed by atoms with Crippen LogP contribution in [0.3, 0.4) is 0 Å². The number of hydrogen-bond donors (Lipinski definition) is 2. The molecule has 0 aromatic heterocycles. The number of benzene rings is 1. The Morgan fingerprint density at radius 1 is 1.47 bits per heavy atom. The minimum absolute atomic E-state index is 0.0262. The zero-order valence-electron chi connectivity index (χ0n) is 10.4. The molecule has 1 amide bonds. The van der Waals surface area contributed by atoms with Gasteiger partial charge in [0.15, 0.2) is 0 Å². The summed E-state index contributed by atoms with van der Waals surface area (Å²) in [5, 5.41) is 9.63. The number of nitrogens with two attached hydrogens (primary N) is 1. The van der Waals surface area contributed by atoms with Gasteiger partial charge in [-0.25, -0.2) is 0 Å². The monoisotopic (exact) mass is 236 g/mol. The Labute approximate surface area is 102 Å². The van der Waals surface area contributed by atoms with Gasteiger partial charge in [0, 0.05) is 25.7 Å². The number of rotatable bonds is 5. The van der Waals surface area contributed by atoms with E-state index in [2.05, 4.69) is 0 Å². The number of aromatic hydroxyl groups is 1. The van der Waals surface area contributed by atoms with Gasteiger partial charge < -0.3 is 15.7 Å². The number of phenols is 1. The van der Waals surface area contributed by atoms with Crippen LogP contribution in [0.25, 0.3) is 0 Å². The molecule has 1 aromatic carbocycles. The molecule has 0 bridgehead atoms. The molecule has 17 heavy (non-hydrogen) atoms. The van der Waals surface area contributed by atoms with Crippen LogP contribution in [0.5, 0.6) is 5.75 Å². The van der Waals surface area contributed by atoms with Crippen molar-refractivity contribution >= 4 is 5.91 Å². The Bertz CT molecular complexity index is 375. The molecule has 0 saturated heterocycles. The number of hydrogen-bond acceptors (Lipinski definition) is 3. The van der Waals surface area contributed by atoms with Gasteiger partial charge in [-0.15, -0.1) is 0 Å². The van der Waals surface area contributed by atoms with E-state index >= 15 is 0 Å². The van der Waals surface area contributed by atoms with Crippen molar-refractivity contribution in [1.29, 1.82) is 0 Å². The predicted octanol–water partition coefficient (Wildman–Crippen LogP) is 1.34. The van der Waals surface area contributed by atoms with Gasteiger partial charge in [-0.2, -0.15) is 0 Å². The van der Waals surface area contributed by atoms with Gasteiger partial charge >= 0.3 is 0 Å². The van der Waals surface area contributed by atoms with E-state index in [1.54, 1.807) is 24.1 Å². The van der Waals surface area contributed by atoms with Crippen molar-refractivity contribution < 1.29 is 9.90 Å². The lowest BCUT2D eigenvalue weighted by atomic mass is 10.1. The number of carbonyl (C=O) groups excluding carboxylic acids is 1. The molecule has 1 atom stereocenters. The zero-order valence-corrected chi connectivity index (χ0v) is 10.4. The van der Waals surface area contributed by atoms with Gasteiger partial charge in [0.2, 0.25) is 5.91 Å². The maximum absolute atomic E-state index is 12.0. The Hall–Kier alpha value is -1.55. The average molecular weight is 236 g/mol. The maximum atomic E-state index is 12.0. The number of amides is 1. The molecule has 0 saturated carbocycles. The third-order valence-corrected chi connectivity index (χ3v) is 2.90. The summed E-state index contributed by atoms with van der Waals surface area (Å²) in [5.74, 6) is 0.108. The van der Waals surface area contributed by atoms with E-state index in [4.69, 9.17) is 5.73 Å². The van der Waals surface area contributed by atoms with Crippen LogP contribution in [0.2, 0.25) is 0 Å². The second-order valence-electron chi connectivity index (χ2n) is 4.16.